The summed E-state index contributed by atoms with van der Waals surface area (Å²) in [7, 11) is 0. The maximum atomic E-state index is 10.2. The number of ether oxygens (including phenoxy) is 1. The smallest absolute Gasteiger partial charge is 0.133 e. The Hall–Kier alpha value is -0.540. The summed E-state index contributed by atoms with van der Waals surface area (Å²) in [6, 6.07) is 0. The number of allylic oxidation sites excluding steroid dienone is 1. The standard InChI is InChI=1S/C10H17NO2/c12-10(5-3-6-11-8-10)9-4-1-2-7-13-9/h4,11-12H,1-3,5-8H2. The summed E-state index contributed by atoms with van der Waals surface area (Å²) in [6.07, 6.45) is 6.00. The Morgan fingerprint density at radius 1 is 1.46 bits per heavy atom. The maximum Gasteiger partial charge on any atom is 0.133 e. The summed E-state index contributed by atoms with van der Waals surface area (Å²) in [5.74, 6) is 0.797. The van der Waals surface area contributed by atoms with Crippen molar-refractivity contribution in [1.82, 2.24) is 5.32 Å². The number of β-amino-alcohol motifs (C(OH)–C–C–N with tert-alkyl or cyclic N) is 1. The van der Waals surface area contributed by atoms with Gasteiger partial charge in [0.15, 0.2) is 0 Å². The molecule has 1 unspecified atom stereocenters. The maximum absolute atomic E-state index is 10.2. The monoisotopic (exact) mass is 183 g/mol. The van der Waals surface area contributed by atoms with E-state index in [0.29, 0.717) is 6.54 Å². The van der Waals surface area contributed by atoms with E-state index in [2.05, 4.69) is 5.32 Å². The van der Waals surface area contributed by atoms with Gasteiger partial charge in [0.05, 0.1) is 6.61 Å². The highest BCUT2D eigenvalue weighted by molar-refractivity contribution is 5.13. The van der Waals surface area contributed by atoms with Gasteiger partial charge in [-0.25, -0.2) is 0 Å². The Morgan fingerprint density at radius 2 is 2.38 bits per heavy atom. The van der Waals surface area contributed by atoms with Gasteiger partial charge in [-0.05, 0) is 38.3 Å². The molecule has 0 saturated carbocycles. The third-order valence-corrected chi connectivity index (χ3v) is 2.76. The number of hydrogen-bond donors (Lipinski definition) is 2. The molecule has 1 fully saturated rings. The van der Waals surface area contributed by atoms with E-state index in [0.717, 1.165) is 44.6 Å². The lowest BCUT2D eigenvalue weighted by molar-refractivity contribution is -0.0122. The number of rotatable bonds is 1. The molecule has 2 heterocycles. The molecule has 3 nitrogen and oxygen atoms in total. The molecule has 0 aromatic heterocycles. The molecule has 0 spiro atoms. The summed E-state index contributed by atoms with van der Waals surface area (Å²) in [6.45, 7) is 2.41. The Balaban J connectivity index is 2.07. The Bertz CT molecular complexity index is 207. The second kappa shape index (κ2) is 3.68. The first kappa shape index (κ1) is 9.03. The minimum absolute atomic E-state index is 0.638. The summed E-state index contributed by atoms with van der Waals surface area (Å²) in [5, 5.41) is 13.4. The molecule has 13 heavy (non-hydrogen) atoms. The molecule has 2 aliphatic rings. The van der Waals surface area contributed by atoms with E-state index in [-0.39, 0.29) is 0 Å². The molecule has 2 N–H and O–H groups in total. The molecule has 0 aliphatic carbocycles. The molecule has 1 atom stereocenters. The molecular formula is C10H17NO2. The van der Waals surface area contributed by atoms with Crippen molar-refractivity contribution in [3.05, 3.63) is 11.8 Å². The lowest BCUT2D eigenvalue weighted by atomic mass is 9.90. The SMILES string of the molecule is OC1(C2=CCCCO2)CCCNC1. The molecule has 74 valence electrons. The fourth-order valence-corrected chi connectivity index (χ4v) is 1.98. The average Bonchev–Trinajstić information content (AvgIpc) is 2.20. The quantitative estimate of drug-likeness (QED) is 0.631. The first-order chi connectivity index (χ1) is 6.31. The van der Waals surface area contributed by atoms with Crippen LogP contribution in [0.5, 0.6) is 0 Å². The van der Waals surface area contributed by atoms with Gasteiger partial charge in [-0.3, -0.25) is 0 Å². The molecule has 3 heteroatoms. The van der Waals surface area contributed by atoms with E-state index in [1.807, 2.05) is 6.08 Å². The Kier molecular flexibility index (Phi) is 2.56. The predicted octanol–water partition coefficient (Wildman–Crippen LogP) is 0.795. The highest BCUT2D eigenvalue weighted by Gasteiger charge is 2.35. The van der Waals surface area contributed by atoms with Gasteiger partial charge >= 0.3 is 0 Å². The van der Waals surface area contributed by atoms with Gasteiger partial charge in [0.1, 0.15) is 11.4 Å². The van der Waals surface area contributed by atoms with Crippen LogP contribution in [0.4, 0.5) is 0 Å². The molecule has 2 rings (SSSR count). The number of aliphatic hydroxyl groups is 1. The molecule has 0 amide bonds. The van der Waals surface area contributed by atoms with Crippen LogP contribution < -0.4 is 5.32 Å². The van der Waals surface area contributed by atoms with Crippen LogP contribution in [0.1, 0.15) is 25.7 Å². The highest BCUT2D eigenvalue weighted by atomic mass is 16.5. The van der Waals surface area contributed by atoms with Crippen molar-refractivity contribution in [2.24, 2.45) is 0 Å². The Labute approximate surface area is 78.8 Å². The second-order valence-electron chi connectivity index (χ2n) is 3.87. The zero-order valence-corrected chi connectivity index (χ0v) is 7.88. The summed E-state index contributed by atoms with van der Waals surface area (Å²) in [5.41, 5.74) is -0.724. The van der Waals surface area contributed by atoms with Crippen LogP contribution in [0, 0.1) is 0 Å². The van der Waals surface area contributed by atoms with E-state index < -0.39 is 5.60 Å². The lowest BCUT2D eigenvalue weighted by Gasteiger charge is -2.35. The zero-order valence-electron chi connectivity index (χ0n) is 7.88. The topological polar surface area (TPSA) is 41.5 Å². The van der Waals surface area contributed by atoms with Gasteiger partial charge < -0.3 is 15.2 Å². The fraction of sp³-hybridized carbons (Fsp3) is 0.800. The number of hydrogen-bond acceptors (Lipinski definition) is 3. The van der Waals surface area contributed by atoms with Crippen molar-refractivity contribution in [3.63, 3.8) is 0 Å². The van der Waals surface area contributed by atoms with E-state index >= 15 is 0 Å². The first-order valence-electron chi connectivity index (χ1n) is 5.08. The molecule has 0 aromatic rings. The number of piperidine rings is 1. The zero-order chi connectivity index (χ0) is 9.15. The van der Waals surface area contributed by atoms with Gasteiger partial charge in [-0.15, -0.1) is 0 Å². The van der Waals surface area contributed by atoms with E-state index in [4.69, 9.17) is 4.74 Å². The summed E-state index contributed by atoms with van der Waals surface area (Å²) >= 11 is 0. The summed E-state index contributed by atoms with van der Waals surface area (Å²) < 4.78 is 5.49. The van der Waals surface area contributed by atoms with Gasteiger partial charge in [0, 0.05) is 6.54 Å². The molecular weight excluding hydrogens is 166 g/mol. The molecule has 0 aromatic carbocycles. The van der Waals surface area contributed by atoms with Crippen LogP contribution in [0.3, 0.4) is 0 Å². The van der Waals surface area contributed by atoms with Gasteiger partial charge in [-0.1, -0.05) is 0 Å². The van der Waals surface area contributed by atoms with Crippen LogP contribution in [-0.4, -0.2) is 30.4 Å². The largest absolute Gasteiger partial charge is 0.495 e. The molecule has 0 radical (unpaired) electrons. The van der Waals surface area contributed by atoms with Crippen LogP contribution in [-0.2, 0) is 4.74 Å². The van der Waals surface area contributed by atoms with Crippen molar-refractivity contribution in [1.29, 1.82) is 0 Å². The van der Waals surface area contributed by atoms with Crippen molar-refractivity contribution in [2.45, 2.75) is 31.3 Å². The van der Waals surface area contributed by atoms with E-state index in [1.165, 1.54) is 0 Å². The average molecular weight is 183 g/mol. The number of nitrogens with one attached hydrogen (secondary N) is 1. The predicted molar refractivity (Wildman–Crippen MR) is 50.3 cm³/mol. The van der Waals surface area contributed by atoms with Crippen molar-refractivity contribution >= 4 is 0 Å². The highest BCUT2D eigenvalue weighted by Crippen LogP contribution is 2.28. The minimum Gasteiger partial charge on any atom is -0.495 e. The van der Waals surface area contributed by atoms with Crippen molar-refractivity contribution in [3.8, 4) is 0 Å². The third kappa shape index (κ3) is 1.86. The van der Waals surface area contributed by atoms with Gasteiger partial charge in [0.2, 0.25) is 0 Å². The van der Waals surface area contributed by atoms with E-state index in [9.17, 15) is 5.11 Å². The van der Waals surface area contributed by atoms with Gasteiger partial charge in [-0.2, -0.15) is 0 Å². The Morgan fingerprint density at radius 3 is 3.00 bits per heavy atom. The first-order valence-corrected chi connectivity index (χ1v) is 5.08. The van der Waals surface area contributed by atoms with E-state index in [1.54, 1.807) is 0 Å². The van der Waals surface area contributed by atoms with Crippen LogP contribution >= 0.6 is 0 Å². The fourth-order valence-electron chi connectivity index (χ4n) is 1.98. The second-order valence-corrected chi connectivity index (χ2v) is 3.87. The molecule has 1 saturated heterocycles. The van der Waals surface area contributed by atoms with Crippen molar-refractivity contribution in [2.75, 3.05) is 19.7 Å². The third-order valence-electron chi connectivity index (χ3n) is 2.76. The molecule has 0 bridgehead atoms. The summed E-state index contributed by atoms with van der Waals surface area (Å²) in [4.78, 5) is 0. The minimum atomic E-state index is -0.724. The van der Waals surface area contributed by atoms with Crippen LogP contribution in [0.25, 0.3) is 0 Å². The normalized spacial score (nSPS) is 35.0. The van der Waals surface area contributed by atoms with Crippen molar-refractivity contribution < 1.29 is 9.84 Å². The van der Waals surface area contributed by atoms with Crippen LogP contribution in [0.15, 0.2) is 11.8 Å². The lowest BCUT2D eigenvalue weighted by Crippen LogP contribution is -2.48. The van der Waals surface area contributed by atoms with Crippen LogP contribution in [0.2, 0.25) is 0 Å². The van der Waals surface area contributed by atoms with Gasteiger partial charge in [0.25, 0.3) is 0 Å². The molecule has 2 aliphatic heterocycles.